The van der Waals surface area contributed by atoms with Gasteiger partial charge in [-0.3, -0.25) is 9.69 Å². The fourth-order valence-corrected chi connectivity index (χ4v) is 6.19. The molecule has 0 spiro atoms. The normalized spacial score (nSPS) is 11.2. The first-order valence-electron chi connectivity index (χ1n) is 10.7. The lowest BCUT2D eigenvalue weighted by molar-refractivity contribution is -0.106. The van der Waals surface area contributed by atoms with Crippen molar-refractivity contribution in [3.05, 3.63) is 84.4 Å². The van der Waals surface area contributed by atoms with E-state index in [1.807, 2.05) is 49.4 Å². The molecule has 3 aromatic rings. The number of amides is 1. The summed E-state index contributed by atoms with van der Waals surface area (Å²) in [5.41, 5.74) is 3.07. The second-order valence-electron chi connectivity index (χ2n) is 8.18. The quantitative estimate of drug-likeness (QED) is 0.302. The molecule has 30 heavy (non-hydrogen) atoms. The number of nitrogens with zero attached hydrogens (tertiary/aromatic N) is 1. The van der Waals surface area contributed by atoms with Gasteiger partial charge in [-0.1, -0.05) is 73.2 Å². The maximum Gasteiger partial charge on any atom is 0.218 e. The highest BCUT2D eigenvalue weighted by Gasteiger charge is 2.22. The Morgan fingerprint density at radius 1 is 0.900 bits per heavy atom. The Kier molecular flexibility index (Phi) is 7.47. The first-order chi connectivity index (χ1) is 14.5. The first-order valence-corrected chi connectivity index (χ1v) is 13.9. The Bertz CT molecular complexity index is 939. The molecule has 0 aromatic heterocycles. The van der Waals surface area contributed by atoms with Crippen LogP contribution in [0.5, 0.6) is 5.75 Å². The van der Waals surface area contributed by atoms with Gasteiger partial charge in [-0.2, -0.15) is 0 Å². The predicted octanol–water partition coefficient (Wildman–Crippen LogP) is 5.93. The van der Waals surface area contributed by atoms with Crippen LogP contribution in [0.4, 0.5) is 11.4 Å². The monoisotopic (exact) mass is 417 g/mol. The molecule has 3 rings (SSSR count). The van der Waals surface area contributed by atoms with Crippen LogP contribution in [-0.2, 0) is 11.2 Å². The molecule has 0 aliphatic rings. The topological polar surface area (TPSA) is 29.5 Å². The summed E-state index contributed by atoms with van der Waals surface area (Å²) in [7, 11) is -1.50. The van der Waals surface area contributed by atoms with E-state index in [4.69, 9.17) is 4.74 Å². The zero-order chi connectivity index (χ0) is 21.4. The molecular formula is C26H31NO2Si. The highest BCUT2D eigenvalue weighted by molar-refractivity contribution is 6.89. The summed E-state index contributed by atoms with van der Waals surface area (Å²) in [6, 6.07) is 28.0. The Morgan fingerprint density at radius 2 is 1.60 bits per heavy atom. The minimum absolute atomic E-state index is 0.699. The van der Waals surface area contributed by atoms with Crippen LogP contribution in [0.3, 0.4) is 0 Å². The van der Waals surface area contributed by atoms with E-state index in [-0.39, 0.29) is 0 Å². The van der Waals surface area contributed by atoms with E-state index in [1.165, 1.54) is 16.8 Å². The van der Waals surface area contributed by atoms with Gasteiger partial charge in [0.25, 0.3) is 0 Å². The first kappa shape index (κ1) is 21.8. The second-order valence-corrected chi connectivity index (χ2v) is 13.0. The minimum Gasteiger partial charge on any atom is -0.494 e. The molecular weight excluding hydrogens is 386 g/mol. The van der Waals surface area contributed by atoms with Crippen molar-refractivity contribution in [1.29, 1.82) is 0 Å². The molecule has 0 N–H and O–H groups in total. The van der Waals surface area contributed by atoms with Crippen molar-refractivity contribution in [2.24, 2.45) is 0 Å². The highest BCUT2D eigenvalue weighted by Crippen LogP contribution is 2.25. The fourth-order valence-electron chi connectivity index (χ4n) is 3.77. The van der Waals surface area contributed by atoms with Gasteiger partial charge >= 0.3 is 0 Å². The third-order valence-corrected chi connectivity index (χ3v) is 9.04. The van der Waals surface area contributed by atoms with Crippen LogP contribution >= 0.6 is 0 Å². The molecule has 0 saturated carbocycles. The molecule has 0 fully saturated rings. The van der Waals surface area contributed by atoms with E-state index < -0.39 is 8.07 Å². The van der Waals surface area contributed by atoms with Crippen molar-refractivity contribution < 1.29 is 9.53 Å². The van der Waals surface area contributed by atoms with Gasteiger partial charge in [-0.15, -0.1) is 0 Å². The third kappa shape index (κ3) is 5.60. The van der Waals surface area contributed by atoms with Gasteiger partial charge in [0.1, 0.15) is 5.75 Å². The molecule has 3 aromatic carbocycles. The highest BCUT2D eigenvalue weighted by atomic mass is 28.3. The van der Waals surface area contributed by atoms with Crippen molar-refractivity contribution in [3.8, 4) is 5.75 Å². The molecule has 4 heteroatoms. The third-order valence-electron chi connectivity index (χ3n) is 5.54. The van der Waals surface area contributed by atoms with Crippen molar-refractivity contribution in [2.45, 2.75) is 38.9 Å². The van der Waals surface area contributed by atoms with E-state index in [0.717, 1.165) is 36.4 Å². The molecule has 0 aliphatic carbocycles. The van der Waals surface area contributed by atoms with E-state index in [2.05, 4.69) is 49.5 Å². The Hall–Kier alpha value is -2.85. The zero-order valence-electron chi connectivity index (χ0n) is 18.2. The van der Waals surface area contributed by atoms with Crippen LogP contribution in [0.1, 0.15) is 18.9 Å². The van der Waals surface area contributed by atoms with Gasteiger partial charge in [-0.05, 0) is 55.3 Å². The second kappa shape index (κ2) is 10.3. The summed E-state index contributed by atoms with van der Waals surface area (Å²) in [6.45, 7) is 7.58. The van der Waals surface area contributed by atoms with Gasteiger partial charge in [0, 0.05) is 11.4 Å². The Labute approximate surface area is 181 Å². The van der Waals surface area contributed by atoms with Gasteiger partial charge in [0.2, 0.25) is 6.41 Å². The van der Waals surface area contributed by atoms with Crippen molar-refractivity contribution in [3.63, 3.8) is 0 Å². The predicted molar refractivity (Wildman–Crippen MR) is 129 cm³/mol. The summed E-state index contributed by atoms with van der Waals surface area (Å²) < 4.78 is 5.57. The SMILES string of the molecule is CCOc1ccc([Si](C)(C)CCCc2cccc(N(C=O)c3ccccc3)c2)cc1. The maximum absolute atomic E-state index is 11.7. The lowest BCUT2D eigenvalue weighted by Crippen LogP contribution is -2.41. The molecule has 0 unspecified atom stereocenters. The summed E-state index contributed by atoms with van der Waals surface area (Å²) in [5, 5.41) is 1.47. The number of carbonyl (C=O) groups excluding carboxylic acids is 1. The van der Waals surface area contributed by atoms with Gasteiger partial charge < -0.3 is 4.74 Å². The zero-order valence-corrected chi connectivity index (χ0v) is 19.2. The Balaban J connectivity index is 1.63. The van der Waals surface area contributed by atoms with Crippen LogP contribution in [0.2, 0.25) is 19.1 Å². The van der Waals surface area contributed by atoms with E-state index in [1.54, 1.807) is 4.90 Å². The Morgan fingerprint density at radius 3 is 2.27 bits per heavy atom. The van der Waals surface area contributed by atoms with E-state index in [0.29, 0.717) is 6.61 Å². The molecule has 0 atom stereocenters. The average Bonchev–Trinajstić information content (AvgIpc) is 2.76. The van der Waals surface area contributed by atoms with Crippen molar-refractivity contribution in [2.75, 3.05) is 11.5 Å². The number of benzene rings is 3. The molecule has 0 heterocycles. The van der Waals surface area contributed by atoms with Crippen LogP contribution < -0.4 is 14.8 Å². The average molecular weight is 418 g/mol. The summed E-state index contributed by atoms with van der Waals surface area (Å²) >= 11 is 0. The van der Waals surface area contributed by atoms with Crippen LogP contribution in [0.15, 0.2) is 78.9 Å². The number of anilines is 2. The number of aryl methyl sites for hydroxylation is 1. The summed E-state index contributed by atoms with van der Waals surface area (Å²) in [5.74, 6) is 0.945. The summed E-state index contributed by atoms with van der Waals surface area (Å²) in [6.07, 6.45) is 3.04. The number of hydrogen-bond acceptors (Lipinski definition) is 2. The number of para-hydroxylation sites is 1. The molecule has 0 radical (unpaired) electrons. The van der Waals surface area contributed by atoms with E-state index in [9.17, 15) is 4.79 Å². The smallest absolute Gasteiger partial charge is 0.218 e. The van der Waals surface area contributed by atoms with Gasteiger partial charge in [0.05, 0.1) is 14.7 Å². The molecule has 3 nitrogen and oxygen atoms in total. The molecule has 0 bridgehead atoms. The lowest BCUT2D eigenvalue weighted by Gasteiger charge is -2.23. The van der Waals surface area contributed by atoms with Crippen LogP contribution in [0, 0.1) is 0 Å². The van der Waals surface area contributed by atoms with Crippen molar-refractivity contribution in [1.82, 2.24) is 0 Å². The standard InChI is InChI=1S/C26H31NO2Si/c1-4-29-25-15-17-26(18-16-25)30(2,3)19-9-11-22-10-8-14-24(20-22)27(21-28)23-12-6-5-7-13-23/h5-8,10,12-18,20-21H,4,9,11,19H2,1-3H3. The maximum atomic E-state index is 11.7. The molecule has 0 saturated heterocycles. The van der Waals surface area contributed by atoms with Crippen LogP contribution in [0.25, 0.3) is 0 Å². The largest absolute Gasteiger partial charge is 0.494 e. The molecule has 0 aliphatic heterocycles. The number of carbonyl (C=O) groups is 1. The number of rotatable bonds is 10. The molecule has 156 valence electrons. The van der Waals surface area contributed by atoms with Gasteiger partial charge in [-0.25, -0.2) is 0 Å². The minimum atomic E-state index is -1.50. The fraction of sp³-hybridized carbons (Fsp3) is 0.269. The lowest BCUT2D eigenvalue weighted by atomic mass is 10.1. The van der Waals surface area contributed by atoms with E-state index >= 15 is 0 Å². The number of ether oxygens (including phenoxy) is 1. The summed E-state index contributed by atoms with van der Waals surface area (Å²) in [4.78, 5) is 13.4. The number of hydrogen-bond donors (Lipinski definition) is 0. The van der Waals surface area contributed by atoms with Crippen molar-refractivity contribution >= 4 is 31.0 Å². The van der Waals surface area contributed by atoms with Crippen LogP contribution in [-0.4, -0.2) is 21.1 Å². The molecule has 1 amide bonds. The van der Waals surface area contributed by atoms with Gasteiger partial charge in [0.15, 0.2) is 0 Å².